The molecule has 3 aromatic carbocycles. The maximum Gasteiger partial charge on any atom is 0.148 e. The van der Waals surface area contributed by atoms with Gasteiger partial charge in [-0.1, -0.05) is 54.2 Å². The fourth-order valence-corrected chi connectivity index (χ4v) is 3.70. The van der Waals surface area contributed by atoms with Crippen molar-refractivity contribution in [1.82, 2.24) is 0 Å². The van der Waals surface area contributed by atoms with Crippen molar-refractivity contribution in [3.8, 4) is 54.3 Å². The van der Waals surface area contributed by atoms with Crippen molar-refractivity contribution in [3.63, 3.8) is 0 Å². The fraction of sp³-hybridized carbons (Fsp3) is 0.200. The Morgan fingerprint density at radius 1 is 0.559 bits per heavy atom. The van der Waals surface area contributed by atoms with Gasteiger partial charge >= 0.3 is 0 Å². The zero-order valence-corrected chi connectivity index (χ0v) is 19.1. The van der Waals surface area contributed by atoms with Crippen LogP contribution in [0.25, 0.3) is 0 Å². The minimum atomic E-state index is -0.894. The van der Waals surface area contributed by atoms with Crippen LogP contribution in [0.5, 0.6) is 17.2 Å². The number of rotatable bonds is 11. The predicted octanol–water partition coefficient (Wildman–Crippen LogP) is 5.05. The second-order valence-corrected chi connectivity index (χ2v) is 7.17. The van der Waals surface area contributed by atoms with E-state index in [1.165, 1.54) is 0 Å². The van der Waals surface area contributed by atoms with Gasteiger partial charge in [0.05, 0.1) is 0 Å². The number of hydrogen-bond acceptors (Lipinski definition) is 4. The topological polar surface area (TPSA) is 36.9 Å². The largest absolute Gasteiger partial charge is 0.481 e. The second kappa shape index (κ2) is 12.1. The van der Waals surface area contributed by atoms with Crippen LogP contribution in [-0.2, 0) is 10.3 Å². The van der Waals surface area contributed by atoms with Crippen LogP contribution in [0.4, 0.5) is 0 Å². The van der Waals surface area contributed by atoms with Gasteiger partial charge in [-0.15, -0.1) is 19.3 Å². The summed E-state index contributed by atoms with van der Waals surface area (Å²) in [6, 6.07) is 23.2. The first-order valence-corrected chi connectivity index (χ1v) is 10.8. The molecule has 0 radical (unpaired) electrons. The number of benzene rings is 3. The summed E-state index contributed by atoms with van der Waals surface area (Å²) in [5, 5.41) is 0. The Labute approximate surface area is 201 Å². The number of terminal acetylenes is 3. The molecule has 0 saturated heterocycles. The monoisotopic (exact) mass is 450 g/mol. The van der Waals surface area contributed by atoms with E-state index in [2.05, 4.69) is 17.8 Å². The molecular weight excluding hydrogens is 424 g/mol. The molecule has 3 rings (SSSR count). The molecule has 0 heterocycles. The predicted molar refractivity (Wildman–Crippen MR) is 134 cm³/mol. The van der Waals surface area contributed by atoms with Crippen LogP contribution in [0.15, 0.2) is 72.8 Å². The van der Waals surface area contributed by atoms with E-state index in [1.54, 1.807) is 0 Å². The highest BCUT2D eigenvalue weighted by Gasteiger charge is 2.37. The first-order valence-electron chi connectivity index (χ1n) is 10.8. The molecule has 0 N–H and O–H groups in total. The first kappa shape index (κ1) is 24.3. The lowest BCUT2D eigenvalue weighted by Gasteiger charge is -2.36. The lowest BCUT2D eigenvalue weighted by atomic mass is 9.80. The lowest BCUT2D eigenvalue weighted by Crippen LogP contribution is -2.33. The smallest absolute Gasteiger partial charge is 0.148 e. The van der Waals surface area contributed by atoms with Gasteiger partial charge in [-0.25, -0.2) is 0 Å². The third-order valence-electron chi connectivity index (χ3n) is 5.11. The van der Waals surface area contributed by atoms with E-state index in [0.29, 0.717) is 23.9 Å². The Morgan fingerprint density at radius 2 is 0.853 bits per heavy atom. The molecule has 34 heavy (non-hydrogen) atoms. The van der Waals surface area contributed by atoms with Crippen LogP contribution in [0.1, 0.15) is 23.6 Å². The van der Waals surface area contributed by atoms with Gasteiger partial charge in [0.25, 0.3) is 0 Å². The third kappa shape index (κ3) is 5.54. The van der Waals surface area contributed by atoms with Gasteiger partial charge in [0.1, 0.15) is 42.7 Å². The maximum absolute atomic E-state index is 6.53. The van der Waals surface area contributed by atoms with Crippen LogP contribution in [-0.4, -0.2) is 26.4 Å². The summed E-state index contributed by atoms with van der Waals surface area (Å²) < 4.78 is 23.2. The van der Waals surface area contributed by atoms with Gasteiger partial charge in [-0.05, 0) is 60.0 Å². The number of ether oxygens (including phenoxy) is 4. The molecule has 3 aromatic rings. The van der Waals surface area contributed by atoms with Crippen molar-refractivity contribution in [2.45, 2.75) is 12.5 Å². The SMILES string of the molecule is C#CCOc1ccc(C(OCC)(c2ccc(OCC#C)cc2)c2ccc(OCC#C)cc2)cc1. The standard InChI is InChI=1S/C30H26O4/c1-5-21-31-27-15-9-24(10-16-27)30(34-8-4,25-11-17-28(18-12-25)32-22-6-2)26-13-19-29(20-14-26)33-23-7-3/h1-3,9-20H,8,21-23H2,4H3. The van der Waals surface area contributed by atoms with Crippen molar-refractivity contribution in [3.05, 3.63) is 89.5 Å². The molecule has 0 amide bonds. The highest BCUT2D eigenvalue weighted by atomic mass is 16.5. The molecule has 0 spiro atoms. The van der Waals surface area contributed by atoms with Gasteiger partial charge in [0.15, 0.2) is 0 Å². The van der Waals surface area contributed by atoms with Crippen molar-refractivity contribution in [2.24, 2.45) is 0 Å². The van der Waals surface area contributed by atoms with Crippen LogP contribution >= 0.6 is 0 Å². The van der Waals surface area contributed by atoms with E-state index in [9.17, 15) is 0 Å². The van der Waals surface area contributed by atoms with E-state index < -0.39 is 5.60 Å². The number of hydrogen-bond donors (Lipinski definition) is 0. The molecule has 0 aliphatic heterocycles. The van der Waals surface area contributed by atoms with Crippen LogP contribution < -0.4 is 14.2 Å². The minimum absolute atomic E-state index is 0.203. The van der Waals surface area contributed by atoms with Gasteiger partial charge in [-0.2, -0.15) is 0 Å². The molecule has 0 saturated carbocycles. The summed E-state index contributed by atoms with van der Waals surface area (Å²) >= 11 is 0. The first-order chi connectivity index (χ1) is 16.7. The van der Waals surface area contributed by atoms with Gasteiger partial charge in [0.2, 0.25) is 0 Å². The Kier molecular flexibility index (Phi) is 8.65. The van der Waals surface area contributed by atoms with Gasteiger partial charge < -0.3 is 18.9 Å². The van der Waals surface area contributed by atoms with Crippen molar-refractivity contribution < 1.29 is 18.9 Å². The Bertz CT molecular complexity index is 1020. The highest BCUT2D eigenvalue weighted by Crippen LogP contribution is 2.42. The summed E-state index contributed by atoms with van der Waals surface area (Å²) in [6.07, 6.45) is 15.9. The summed E-state index contributed by atoms with van der Waals surface area (Å²) in [7, 11) is 0. The fourth-order valence-electron chi connectivity index (χ4n) is 3.70. The van der Waals surface area contributed by atoms with Gasteiger partial charge in [-0.3, -0.25) is 0 Å². The Balaban J connectivity index is 2.11. The molecule has 170 valence electrons. The average molecular weight is 451 g/mol. The molecule has 0 aliphatic rings. The van der Waals surface area contributed by atoms with E-state index in [1.807, 2.05) is 79.7 Å². The lowest BCUT2D eigenvalue weighted by molar-refractivity contribution is 0.0215. The molecule has 4 nitrogen and oxygen atoms in total. The second-order valence-electron chi connectivity index (χ2n) is 7.17. The molecule has 0 unspecified atom stereocenters. The Morgan fingerprint density at radius 3 is 1.09 bits per heavy atom. The normalized spacial score (nSPS) is 10.4. The quantitative estimate of drug-likeness (QED) is 0.303. The Hall–Kier alpha value is -4.30. The van der Waals surface area contributed by atoms with E-state index in [-0.39, 0.29) is 19.8 Å². The van der Waals surface area contributed by atoms with Crippen molar-refractivity contribution >= 4 is 0 Å². The molecule has 0 atom stereocenters. The van der Waals surface area contributed by atoms with Crippen molar-refractivity contribution in [1.29, 1.82) is 0 Å². The summed E-state index contributed by atoms with van der Waals surface area (Å²) in [5.41, 5.74) is 1.89. The van der Waals surface area contributed by atoms with Crippen LogP contribution in [0, 0.1) is 37.0 Å². The van der Waals surface area contributed by atoms with E-state index >= 15 is 0 Å². The van der Waals surface area contributed by atoms with Crippen LogP contribution in [0.2, 0.25) is 0 Å². The zero-order chi connectivity index (χ0) is 24.2. The molecule has 0 aromatic heterocycles. The highest BCUT2D eigenvalue weighted by molar-refractivity contribution is 5.50. The minimum Gasteiger partial charge on any atom is -0.481 e. The zero-order valence-electron chi connectivity index (χ0n) is 19.1. The summed E-state index contributed by atoms with van der Waals surface area (Å²) in [6.45, 7) is 3.05. The molecule has 0 bridgehead atoms. The van der Waals surface area contributed by atoms with Crippen LogP contribution in [0.3, 0.4) is 0 Å². The molecule has 0 aliphatic carbocycles. The maximum atomic E-state index is 6.53. The summed E-state index contributed by atoms with van der Waals surface area (Å²) in [4.78, 5) is 0. The summed E-state index contributed by atoms with van der Waals surface area (Å²) in [5.74, 6) is 9.48. The van der Waals surface area contributed by atoms with Crippen molar-refractivity contribution in [2.75, 3.05) is 26.4 Å². The molecule has 0 fully saturated rings. The van der Waals surface area contributed by atoms with Gasteiger partial charge in [0, 0.05) is 6.61 Å². The van der Waals surface area contributed by atoms with E-state index in [4.69, 9.17) is 38.2 Å². The molecule has 4 heteroatoms. The third-order valence-corrected chi connectivity index (χ3v) is 5.11. The molecular formula is C30H26O4. The average Bonchev–Trinajstić information content (AvgIpc) is 2.89. The van der Waals surface area contributed by atoms with E-state index in [0.717, 1.165) is 16.7 Å².